The summed E-state index contributed by atoms with van der Waals surface area (Å²) in [5.41, 5.74) is 0. The Hall–Kier alpha value is -2.06. The van der Waals surface area contributed by atoms with Crippen LogP contribution in [0, 0.1) is 6.92 Å². The second-order valence-electron chi connectivity index (χ2n) is 5.05. The molecule has 2 rings (SSSR count). The minimum atomic E-state index is -3.70. The first-order valence-corrected chi connectivity index (χ1v) is 8.05. The van der Waals surface area contributed by atoms with Crippen molar-refractivity contribution in [3.05, 3.63) is 41.5 Å². The van der Waals surface area contributed by atoms with Gasteiger partial charge in [-0.15, -0.1) is 0 Å². The van der Waals surface area contributed by atoms with E-state index in [0.717, 1.165) is 10.1 Å². The van der Waals surface area contributed by atoms with Crippen LogP contribution in [0.4, 0.5) is 0 Å². The molecule has 1 N–H and O–H groups in total. The van der Waals surface area contributed by atoms with E-state index >= 15 is 0 Å². The van der Waals surface area contributed by atoms with Crippen molar-refractivity contribution in [3.63, 3.8) is 0 Å². The molecule has 120 valence electrons. The molecule has 1 atom stereocenters. The molecule has 22 heavy (non-hydrogen) atoms. The van der Waals surface area contributed by atoms with E-state index in [1.54, 1.807) is 19.1 Å². The standard InChI is InChI=1S/C14H18N2O5S/c1-9-5-6-11(20-9)10(2)15-14(17)12-7-8-13(21-12)22(18,19)16(3)4/h5-8,10H,1-4H3,(H,15,17)/t10-/m0/s1. The van der Waals surface area contributed by atoms with Crippen LogP contribution < -0.4 is 5.32 Å². The van der Waals surface area contributed by atoms with E-state index in [1.807, 2.05) is 6.92 Å². The van der Waals surface area contributed by atoms with Crippen molar-refractivity contribution in [1.82, 2.24) is 9.62 Å². The Balaban J connectivity index is 2.13. The fourth-order valence-corrected chi connectivity index (χ4v) is 2.58. The van der Waals surface area contributed by atoms with Crippen LogP contribution in [0.2, 0.25) is 0 Å². The maximum atomic E-state index is 12.1. The Bertz CT molecular complexity index is 773. The number of hydrogen-bond acceptors (Lipinski definition) is 5. The minimum Gasteiger partial charge on any atom is -0.464 e. The van der Waals surface area contributed by atoms with Gasteiger partial charge in [0.1, 0.15) is 11.5 Å². The first kappa shape index (κ1) is 16.3. The summed E-state index contributed by atoms with van der Waals surface area (Å²) in [6, 6.07) is 5.79. The lowest BCUT2D eigenvalue weighted by Crippen LogP contribution is -2.26. The highest BCUT2D eigenvalue weighted by molar-refractivity contribution is 7.88. The van der Waals surface area contributed by atoms with E-state index in [-0.39, 0.29) is 16.9 Å². The van der Waals surface area contributed by atoms with Gasteiger partial charge in [-0.25, -0.2) is 12.7 Å². The Morgan fingerprint density at radius 1 is 1.18 bits per heavy atom. The van der Waals surface area contributed by atoms with Gasteiger partial charge in [-0.05, 0) is 38.1 Å². The van der Waals surface area contributed by atoms with Gasteiger partial charge in [0.2, 0.25) is 5.09 Å². The van der Waals surface area contributed by atoms with E-state index in [2.05, 4.69) is 5.32 Å². The lowest BCUT2D eigenvalue weighted by molar-refractivity contribution is 0.0901. The maximum absolute atomic E-state index is 12.1. The van der Waals surface area contributed by atoms with Crippen molar-refractivity contribution in [3.8, 4) is 0 Å². The Morgan fingerprint density at radius 2 is 1.86 bits per heavy atom. The first-order chi connectivity index (χ1) is 10.2. The number of sulfonamides is 1. The van der Waals surface area contributed by atoms with E-state index in [1.165, 1.54) is 26.2 Å². The van der Waals surface area contributed by atoms with Crippen molar-refractivity contribution >= 4 is 15.9 Å². The molecule has 1 amide bonds. The molecule has 2 aromatic heterocycles. The van der Waals surface area contributed by atoms with E-state index < -0.39 is 15.9 Å². The molecule has 2 heterocycles. The van der Waals surface area contributed by atoms with E-state index in [9.17, 15) is 13.2 Å². The van der Waals surface area contributed by atoms with Crippen LogP contribution in [0.25, 0.3) is 0 Å². The van der Waals surface area contributed by atoms with Crippen LogP contribution in [0.5, 0.6) is 0 Å². The molecule has 0 unspecified atom stereocenters. The highest BCUT2D eigenvalue weighted by Gasteiger charge is 2.24. The third-order valence-corrected chi connectivity index (χ3v) is 4.76. The molecule has 0 aliphatic heterocycles. The van der Waals surface area contributed by atoms with Gasteiger partial charge in [0, 0.05) is 14.1 Å². The number of carbonyl (C=O) groups is 1. The summed E-state index contributed by atoms with van der Waals surface area (Å²) in [6.45, 7) is 3.57. The second kappa shape index (κ2) is 5.98. The highest BCUT2D eigenvalue weighted by atomic mass is 32.2. The lowest BCUT2D eigenvalue weighted by atomic mass is 10.2. The Morgan fingerprint density at radius 3 is 2.41 bits per heavy atom. The number of amides is 1. The van der Waals surface area contributed by atoms with Gasteiger partial charge < -0.3 is 14.2 Å². The van der Waals surface area contributed by atoms with Gasteiger partial charge >= 0.3 is 0 Å². The monoisotopic (exact) mass is 326 g/mol. The van der Waals surface area contributed by atoms with Crippen molar-refractivity contribution in [2.24, 2.45) is 0 Å². The molecule has 0 bridgehead atoms. The van der Waals surface area contributed by atoms with Gasteiger partial charge in [-0.2, -0.15) is 0 Å². The summed E-state index contributed by atoms with van der Waals surface area (Å²) < 4.78 is 35.4. The van der Waals surface area contributed by atoms with Crippen LogP contribution in [0.3, 0.4) is 0 Å². The first-order valence-electron chi connectivity index (χ1n) is 6.61. The third-order valence-electron chi connectivity index (χ3n) is 3.08. The van der Waals surface area contributed by atoms with Crippen LogP contribution in [-0.2, 0) is 10.0 Å². The fraction of sp³-hybridized carbons (Fsp3) is 0.357. The highest BCUT2D eigenvalue weighted by Crippen LogP contribution is 2.19. The topological polar surface area (TPSA) is 92.8 Å². The normalized spacial score (nSPS) is 13.3. The molecule has 8 heteroatoms. The lowest BCUT2D eigenvalue weighted by Gasteiger charge is -2.10. The SMILES string of the molecule is Cc1ccc([C@H](C)NC(=O)c2ccc(S(=O)(=O)N(C)C)o2)o1. The van der Waals surface area contributed by atoms with Gasteiger partial charge in [-0.1, -0.05) is 0 Å². The minimum absolute atomic E-state index is 0.0736. The molecule has 2 aromatic rings. The second-order valence-corrected chi connectivity index (χ2v) is 7.13. The summed E-state index contributed by atoms with van der Waals surface area (Å²) in [5, 5.41) is 2.41. The van der Waals surface area contributed by atoms with Crippen molar-refractivity contribution in [2.75, 3.05) is 14.1 Å². The number of furan rings is 2. The quantitative estimate of drug-likeness (QED) is 0.906. The van der Waals surface area contributed by atoms with Crippen LogP contribution in [-0.4, -0.2) is 32.7 Å². The number of aryl methyl sites for hydroxylation is 1. The van der Waals surface area contributed by atoms with Crippen LogP contribution in [0.15, 0.2) is 38.2 Å². The zero-order valence-corrected chi connectivity index (χ0v) is 13.6. The number of nitrogens with one attached hydrogen (secondary N) is 1. The van der Waals surface area contributed by atoms with E-state index in [0.29, 0.717) is 5.76 Å². The maximum Gasteiger partial charge on any atom is 0.287 e. The zero-order chi connectivity index (χ0) is 16.5. The summed E-state index contributed by atoms with van der Waals surface area (Å²) in [6.07, 6.45) is 0. The molecule has 0 spiro atoms. The molecule has 0 saturated carbocycles. The Kier molecular flexibility index (Phi) is 4.43. The molecule has 0 fully saturated rings. The van der Waals surface area contributed by atoms with Gasteiger partial charge in [-0.3, -0.25) is 4.79 Å². The summed E-state index contributed by atoms with van der Waals surface area (Å²) >= 11 is 0. The number of rotatable bonds is 5. The van der Waals surface area contributed by atoms with Crippen LogP contribution in [0.1, 0.15) is 35.0 Å². The summed E-state index contributed by atoms with van der Waals surface area (Å²) in [4.78, 5) is 12.1. The van der Waals surface area contributed by atoms with Crippen molar-refractivity contribution in [1.29, 1.82) is 0 Å². The van der Waals surface area contributed by atoms with E-state index in [4.69, 9.17) is 8.83 Å². The van der Waals surface area contributed by atoms with Crippen LogP contribution >= 0.6 is 0 Å². The molecule has 0 aliphatic carbocycles. The van der Waals surface area contributed by atoms with Gasteiger partial charge in [0.15, 0.2) is 5.76 Å². The average Bonchev–Trinajstić information content (AvgIpc) is 3.07. The van der Waals surface area contributed by atoms with Crippen molar-refractivity contribution in [2.45, 2.75) is 25.0 Å². The predicted octanol–water partition coefficient (Wildman–Crippen LogP) is 1.92. The predicted molar refractivity (Wildman–Crippen MR) is 78.9 cm³/mol. The summed E-state index contributed by atoms with van der Waals surface area (Å²) in [5.74, 6) is 0.768. The number of hydrogen-bond donors (Lipinski definition) is 1. The van der Waals surface area contributed by atoms with Gasteiger partial charge in [0.25, 0.3) is 15.9 Å². The molecule has 0 aromatic carbocycles. The number of nitrogens with zero attached hydrogens (tertiary/aromatic N) is 1. The largest absolute Gasteiger partial charge is 0.464 e. The molecular weight excluding hydrogens is 308 g/mol. The zero-order valence-electron chi connectivity index (χ0n) is 12.8. The molecular formula is C14H18N2O5S. The fourth-order valence-electron chi connectivity index (χ4n) is 1.79. The van der Waals surface area contributed by atoms with Gasteiger partial charge in [0.05, 0.1) is 6.04 Å². The third kappa shape index (κ3) is 3.23. The molecule has 7 nitrogen and oxygen atoms in total. The smallest absolute Gasteiger partial charge is 0.287 e. The molecule has 0 aliphatic rings. The van der Waals surface area contributed by atoms with Crippen molar-refractivity contribution < 1.29 is 22.0 Å². The Labute approximate surface area is 128 Å². The average molecular weight is 326 g/mol. The summed E-state index contributed by atoms with van der Waals surface area (Å²) in [7, 11) is -0.923. The number of carbonyl (C=O) groups excluding carboxylic acids is 1. The molecule has 0 saturated heterocycles. The molecule has 0 radical (unpaired) electrons.